The van der Waals surface area contributed by atoms with Crippen LogP contribution in [0.5, 0.6) is 11.5 Å². The topological polar surface area (TPSA) is 169 Å². The van der Waals surface area contributed by atoms with Crippen LogP contribution in [0.3, 0.4) is 0 Å². The first-order chi connectivity index (χ1) is 20.0. The number of sulfonamides is 1. The van der Waals surface area contributed by atoms with E-state index in [4.69, 9.17) is 9.47 Å². The van der Waals surface area contributed by atoms with Crippen LogP contribution >= 0.6 is 0 Å². The number of aromatic nitrogens is 4. The van der Waals surface area contributed by atoms with Crippen LogP contribution in [-0.2, 0) is 32.6 Å². The van der Waals surface area contributed by atoms with E-state index in [1.165, 1.54) is 41.6 Å². The number of aliphatic hydroxyl groups is 1. The highest BCUT2D eigenvalue weighted by Gasteiger charge is 2.33. The number of fused-ring (bicyclic) bond motifs is 1. The second-order valence-electron chi connectivity index (χ2n) is 10.2. The summed E-state index contributed by atoms with van der Waals surface area (Å²) in [4.78, 5) is 27.6. The molecule has 15 heteroatoms. The fourth-order valence-electron chi connectivity index (χ4n) is 4.60. The Kier molecular flexibility index (Phi) is 9.75. The molecule has 1 aliphatic rings. The van der Waals surface area contributed by atoms with Gasteiger partial charge in [0.25, 0.3) is 0 Å². The van der Waals surface area contributed by atoms with Gasteiger partial charge in [-0.1, -0.05) is 6.92 Å². The molecule has 0 spiro atoms. The lowest BCUT2D eigenvalue weighted by Gasteiger charge is -2.33. The van der Waals surface area contributed by atoms with Gasteiger partial charge >= 0.3 is 0 Å². The smallest absolute Gasteiger partial charge is 0.246 e. The van der Waals surface area contributed by atoms with Crippen molar-refractivity contribution in [2.45, 2.75) is 43.9 Å². The number of ether oxygens (including phenoxy) is 2. The largest absolute Gasteiger partial charge is 0.497 e. The molecule has 0 saturated heterocycles. The zero-order valence-electron chi connectivity index (χ0n) is 23.9. The normalized spacial score (nSPS) is 18.3. The third-order valence-corrected chi connectivity index (χ3v) is 8.94. The maximum atomic E-state index is 13.4. The maximum Gasteiger partial charge on any atom is 0.246 e. The van der Waals surface area contributed by atoms with Gasteiger partial charge in [0.2, 0.25) is 21.8 Å². The summed E-state index contributed by atoms with van der Waals surface area (Å²) in [6, 6.07) is 10.6. The third kappa shape index (κ3) is 7.21. The van der Waals surface area contributed by atoms with Gasteiger partial charge in [-0.3, -0.25) is 9.59 Å². The number of nitrogens with zero attached hydrogens (tertiary/aromatic N) is 6. The van der Waals surface area contributed by atoms with Crippen molar-refractivity contribution < 1.29 is 32.6 Å². The lowest BCUT2D eigenvalue weighted by Crippen LogP contribution is -2.48. The summed E-state index contributed by atoms with van der Waals surface area (Å²) in [5.41, 5.74) is 0.947. The Labute approximate surface area is 244 Å². The highest BCUT2D eigenvalue weighted by atomic mass is 32.2. The molecule has 0 fully saturated rings. The summed E-state index contributed by atoms with van der Waals surface area (Å²) in [5.74, 6) is 0.0240. The predicted octanol–water partition coefficient (Wildman–Crippen LogP) is 0.790. The van der Waals surface area contributed by atoms with Crippen molar-refractivity contribution in [1.29, 1.82) is 0 Å². The van der Waals surface area contributed by atoms with Gasteiger partial charge in [-0.05, 0) is 59.8 Å². The van der Waals surface area contributed by atoms with Crippen molar-refractivity contribution in [2.24, 2.45) is 5.92 Å². The molecule has 0 saturated carbocycles. The Bertz CT molecular complexity index is 1480. The SMILES string of the molecule is COc1ccc(S(=O)(=O)N(C)C[C@H]2Oc3ccc(NC(=O)Cn4cnnn4)cc3CC(=O)N([C@H](C)CO)C[C@H]2C)cc1. The van der Waals surface area contributed by atoms with E-state index in [-0.39, 0.29) is 55.3 Å². The molecule has 14 nitrogen and oxygen atoms in total. The second kappa shape index (κ2) is 13.3. The molecule has 0 unspecified atom stereocenters. The number of hydrogen-bond donors (Lipinski definition) is 2. The first kappa shape index (κ1) is 30.9. The molecule has 1 aromatic heterocycles. The standard InChI is InChI=1S/C27H35N7O7S/c1-18-13-34(19(2)16-35)27(37)12-20-11-21(29-26(36)15-33-17-28-30-31-33)5-10-24(20)41-25(18)14-32(3)42(38,39)23-8-6-22(40-4)7-9-23/h5-11,17-19,25,35H,12-16H2,1-4H3,(H,29,36)/t18-,19-,25-/m1/s1. The van der Waals surface area contributed by atoms with E-state index in [0.717, 1.165) is 0 Å². The van der Waals surface area contributed by atoms with Crippen molar-refractivity contribution in [3.63, 3.8) is 0 Å². The molecule has 226 valence electrons. The zero-order valence-corrected chi connectivity index (χ0v) is 24.7. The van der Waals surface area contributed by atoms with Crippen LogP contribution in [0.25, 0.3) is 0 Å². The molecule has 1 aliphatic heterocycles. The number of aliphatic hydroxyl groups excluding tert-OH is 1. The van der Waals surface area contributed by atoms with Crippen molar-refractivity contribution in [1.82, 2.24) is 29.4 Å². The van der Waals surface area contributed by atoms with Crippen LogP contribution in [0.1, 0.15) is 19.4 Å². The second-order valence-corrected chi connectivity index (χ2v) is 12.3. The van der Waals surface area contributed by atoms with Gasteiger partial charge in [0, 0.05) is 30.8 Å². The summed E-state index contributed by atoms with van der Waals surface area (Å²) in [7, 11) is -0.887. The molecule has 0 radical (unpaired) electrons. The molecule has 4 rings (SSSR count). The molecule has 42 heavy (non-hydrogen) atoms. The molecule has 2 aromatic carbocycles. The summed E-state index contributed by atoms with van der Waals surface area (Å²) >= 11 is 0. The number of rotatable bonds is 10. The quantitative estimate of drug-likeness (QED) is 0.339. The Hall–Kier alpha value is -4.08. The zero-order chi connectivity index (χ0) is 30.4. The van der Waals surface area contributed by atoms with E-state index < -0.39 is 22.2 Å². The lowest BCUT2D eigenvalue weighted by molar-refractivity contribution is -0.134. The van der Waals surface area contributed by atoms with E-state index in [0.29, 0.717) is 22.7 Å². The first-order valence-electron chi connectivity index (χ1n) is 13.3. The summed E-state index contributed by atoms with van der Waals surface area (Å²) in [6.45, 7) is 3.52. The Balaban J connectivity index is 1.61. The number of carbonyl (C=O) groups is 2. The van der Waals surface area contributed by atoms with Gasteiger partial charge in [-0.15, -0.1) is 5.10 Å². The average Bonchev–Trinajstić information content (AvgIpc) is 3.49. The minimum atomic E-state index is -3.87. The molecule has 0 bridgehead atoms. The molecule has 0 aliphatic carbocycles. The molecule has 3 atom stereocenters. The number of hydrogen-bond acceptors (Lipinski definition) is 10. The van der Waals surface area contributed by atoms with Crippen LogP contribution in [0.2, 0.25) is 0 Å². The minimum Gasteiger partial charge on any atom is -0.497 e. The fourth-order valence-corrected chi connectivity index (χ4v) is 5.79. The summed E-state index contributed by atoms with van der Waals surface area (Å²) in [6.07, 6.45) is 0.622. The average molecular weight is 602 g/mol. The number of amides is 2. The number of benzene rings is 2. The Morgan fingerprint density at radius 2 is 2.00 bits per heavy atom. The Morgan fingerprint density at radius 3 is 2.64 bits per heavy atom. The van der Waals surface area contributed by atoms with Crippen molar-refractivity contribution in [3.05, 3.63) is 54.4 Å². The van der Waals surface area contributed by atoms with Crippen LogP contribution in [-0.4, -0.2) is 101 Å². The maximum absolute atomic E-state index is 13.4. The number of carbonyl (C=O) groups excluding carboxylic acids is 2. The van der Waals surface area contributed by atoms with Crippen LogP contribution in [0, 0.1) is 5.92 Å². The minimum absolute atomic E-state index is 0.00503. The highest BCUT2D eigenvalue weighted by molar-refractivity contribution is 7.89. The van der Waals surface area contributed by atoms with Crippen LogP contribution < -0.4 is 14.8 Å². The van der Waals surface area contributed by atoms with Gasteiger partial charge in [0.1, 0.15) is 30.5 Å². The third-order valence-electron chi connectivity index (χ3n) is 7.10. The molecular weight excluding hydrogens is 566 g/mol. The lowest BCUT2D eigenvalue weighted by atomic mass is 10.0. The Morgan fingerprint density at radius 1 is 1.26 bits per heavy atom. The van der Waals surface area contributed by atoms with E-state index in [2.05, 4.69) is 20.8 Å². The van der Waals surface area contributed by atoms with Crippen molar-refractivity contribution >= 4 is 27.5 Å². The van der Waals surface area contributed by atoms with Gasteiger partial charge in [0.05, 0.1) is 37.6 Å². The van der Waals surface area contributed by atoms with E-state index in [1.54, 1.807) is 42.2 Å². The molecular formula is C27H35N7O7S. The molecule has 3 aromatic rings. The summed E-state index contributed by atoms with van der Waals surface area (Å²) in [5, 5.41) is 23.3. The number of tetrazole rings is 1. The summed E-state index contributed by atoms with van der Waals surface area (Å²) < 4.78 is 40.8. The van der Waals surface area contributed by atoms with Crippen molar-refractivity contribution in [3.8, 4) is 11.5 Å². The molecule has 2 amide bonds. The first-order valence-corrected chi connectivity index (χ1v) is 14.8. The van der Waals surface area contributed by atoms with Gasteiger partial charge in [0.15, 0.2) is 0 Å². The fraction of sp³-hybridized carbons (Fsp3) is 0.444. The van der Waals surface area contributed by atoms with Crippen molar-refractivity contribution in [2.75, 3.05) is 39.2 Å². The monoisotopic (exact) mass is 601 g/mol. The number of likely N-dealkylation sites (N-methyl/N-ethyl adjacent to an activating group) is 1. The van der Waals surface area contributed by atoms with E-state index >= 15 is 0 Å². The van der Waals surface area contributed by atoms with Gasteiger partial charge in [-0.25, -0.2) is 13.1 Å². The van der Waals surface area contributed by atoms with E-state index in [1.807, 2.05) is 6.92 Å². The van der Waals surface area contributed by atoms with Gasteiger partial charge in [-0.2, -0.15) is 4.31 Å². The number of methoxy groups -OCH3 is 1. The van der Waals surface area contributed by atoms with Crippen LogP contribution in [0.15, 0.2) is 53.7 Å². The van der Waals surface area contributed by atoms with Crippen LogP contribution in [0.4, 0.5) is 5.69 Å². The number of nitrogens with one attached hydrogen (secondary N) is 1. The highest BCUT2D eigenvalue weighted by Crippen LogP contribution is 2.30. The van der Waals surface area contributed by atoms with Gasteiger partial charge < -0.3 is 24.8 Å². The number of anilines is 1. The van der Waals surface area contributed by atoms with E-state index in [9.17, 15) is 23.1 Å². The molecule has 2 heterocycles. The predicted molar refractivity (Wildman–Crippen MR) is 151 cm³/mol. The molecule has 2 N–H and O–H groups in total.